The topological polar surface area (TPSA) is 71.5 Å². The van der Waals surface area contributed by atoms with Crippen LogP contribution in [0.4, 0.5) is 0 Å². The number of pyridine rings is 1. The van der Waals surface area contributed by atoms with Gasteiger partial charge in [0.05, 0.1) is 12.6 Å². The molecule has 1 aliphatic rings. The first-order valence-corrected chi connectivity index (χ1v) is 7.75. The number of carbonyl (C=O) groups excluding carboxylic acids is 1. The summed E-state index contributed by atoms with van der Waals surface area (Å²) in [5.74, 6) is 0.798. The third-order valence-electron chi connectivity index (χ3n) is 4.32. The van der Waals surface area contributed by atoms with Gasteiger partial charge in [-0.25, -0.2) is 4.98 Å². The second-order valence-electron chi connectivity index (χ2n) is 5.75. The summed E-state index contributed by atoms with van der Waals surface area (Å²) in [5, 5.41) is 13.6. The maximum Gasteiger partial charge on any atom is 0.270 e. The molecule has 0 unspecified atom stereocenters. The maximum atomic E-state index is 12.2. The predicted molar refractivity (Wildman–Crippen MR) is 91.4 cm³/mol. The third kappa shape index (κ3) is 2.25. The molecule has 1 amide bonds. The second kappa shape index (κ2) is 5.53. The Morgan fingerprint density at radius 1 is 1.17 bits per heavy atom. The van der Waals surface area contributed by atoms with E-state index >= 15 is 0 Å². The zero-order valence-corrected chi connectivity index (χ0v) is 13.2. The van der Waals surface area contributed by atoms with Crippen LogP contribution in [0, 0.1) is 0 Å². The number of hydrogen-bond acceptors (Lipinski definition) is 4. The van der Waals surface area contributed by atoms with E-state index in [9.17, 15) is 9.90 Å². The highest BCUT2D eigenvalue weighted by Crippen LogP contribution is 2.36. The third-order valence-corrected chi connectivity index (χ3v) is 4.32. The number of hydrogen-bond donors (Lipinski definition) is 2. The predicted octanol–water partition coefficient (Wildman–Crippen LogP) is 2.90. The number of methoxy groups -OCH3 is 1. The Bertz CT molecular complexity index is 949. The molecule has 0 saturated heterocycles. The Morgan fingerprint density at radius 2 is 1.96 bits per heavy atom. The molecule has 0 saturated carbocycles. The Labute approximate surface area is 138 Å². The molecule has 5 heteroatoms. The van der Waals surface area contributed by atoms with Crippen LogP contribution in [0.2, 0.25) is 0 Å². The van der Waals surface area contributed by atoms with Gasteiger partial charge in [0.2, 0.25) is 0 Å². The molecule has 2 aromatic carbocycles. The molecular weight excluding hydrogens is 304 g/mol. The van der Waals surface area contributed by atoms with Gasteiger partial charge in [-0.3, -0.25) is 4.79 Å². The van der Waals surface area contributed by atoms with Gasteiger partial charge in [-0.15, -0.1) is 0 Å². The van der Waals surface area contributed by atoms with E-state index in [0.29, 0.717) is 24.2 Å². The number of aromatic nitrogens is 1. The lowest BCUT2D eigenvalue weighted by Crippen LogP contribution is -2.33. The number of benzene rings is 2. The first kappa shape index (κ1) is 14.5. The average Bonchev–Trinajstić information content (AvgIpc) is 2.61. The molecule has 0 aliphatic carbocycles. The fourth-order valence-corrected chi connectivity index (χ4v) is 3.19. The van der Waals surface area contributed by atoms with Crippen LogP contribution in [-0.4, -0.2) is 29.7 Å². The molecule has 0 spiro atoms. The van der Waals surface area contributed by atoms with Gasteiger partial charge in [0.25, 0.3) is 5.91 Å². The lowest BCUT2D eigenvalue weighted by Gasteiger charge is -2.21. The first-order valence-electron chi connectivity index (χ1n) is 7.75. The van der Waals surface area contributed by atoms with E-state index < -0.39 is 0 Å². The highest BCUT2D eigenvalue weighted by Gasteiger charge is 2.24. The monoisotopic (exact) mass is 320 g/mol. The number of rotatable bonds is 2. The molecule has 0 radical (unpaired) electrons. The maximum absolute atomic E-state index is 12.2. The standard InChI is InChI=1S/C19H16N2O3/c1-24-13-5-2-11(3-6-13)17-14-8-9-20-19(23)18(14)21-16-7-4-12(22)10-15(16)17/h2-7,10,22H,8-9H2,1H3,(H,20,23). The van der Waals surface area contributed by atoms with Crippen LogP contribution < -0.4 is 10.1 Å². The molecule has 120 valence electrons. The van der Waals surface area contributed by atoms with Crippen molar-refractivity contribution >= 4 is 16.8 Å². The molecule has 3 aromatic rings. The van der Waals surface area contributed by atoms with Gasteiger partial charge in [0.15, 0.2) is 0 Å². The van der Waals surface area contributed by atoms with E-state index in [2.05, 4.69) is 10.3 Å². The number of carbonyl (C=O) groups is 1. The van der Waals surface area contributed by atoms with Gasteiger partial charge in [-0.05, 0) is 53.4 Å². The fourth-order valence-electron chi connectivity index (χ4n) is 3.19. The van der Waals surface area contributed by atoms with Crippen LogP contribution in [-0.2, 0) is 6.42 Å². The zero-order chi connectivity index (χ0) is 16.7. The zero-order valence-electron chi connectivity index (χ0n) is 13.2. The van der Waals surface area contributed by atoms with Crippen molar-refractivity contribution < 1.29 is 14.6 Å². The Kier molecular flexibility index (Phi) is 3.34. The Hall–Kier alpha value is -3.08. The molecule has 2 N–H and O–H groups in total. The smallest absolute Gasteiger partial charge is 0.270 e. The van der Waals surface area contributed by atoms with E-state index in [1.165, 1.54) is 0 Å². The normalized spacial score (nSPS) is 13.5. The van der Waals surface area contributed by atoms with Crippen molar-refractivity contribution in [1.82, 2.24) is 10.3 Å². The van der Waals surface area contributed by atoms with Crippen molar-refractivity contribution in [2.75, 3.05) is 13.7 Å². The summed E-state index contributed by atoms with van der Waals surface area (Å²) in [7, 11) is 1.63. The molecular formula is C19H16N2O3. The minimum Gasteiger partial charge on any atom is -0.508 e. The lowest BCUT2D eigenvalue weighted by atomic mass is 9.90. The average molecular weight is 320 g/mol. The quantitative estimate of drug-likeness (QED) is 0.761. The second-order valence-corrected chi connectivity index (χ2v) is 5.75. The number of phenols is 1. The van der Waals surface area contributed by atoms with Gasteiger partial charge in [0, 0.05) is 11.9 Å². The fraction of sp³-hybridized carbons (Fsp3) is 0.158. The molecule has 1 aliphatic heterocycles. The van der Waals surface area contributed by atoms with Crippen LogP contribution in [0.1, 0.15) is 16.1 Å². The highest BCUT2D eigenvalue weighted by molar-refractivity contribution is 6.05. The summed E-state index contributed by atoms with van der Waals surface area (Å²) < 4.78 is 5.22. The van der Waals surface area contributed by atoms with Crippen molar-refractivity contribution in [3.8, 4) is 22.6 Å². The summed E-state index contributed by atoms with van der Waals surface area (Å²) in [4.78, 5) is 16.7. The number of ether oxygens (including phenoxy) is 1. The van der Waals surface area contributed by atoms with Crippen molar-refractivity contribution in [1.29, 1.82) is 0 Å². The largest absolute Gasteiger partial charge is 0.508 e. The van der Waals surface area contributed by atoms with Crippen molar-refractivity contribution in [2.45, 2.75) is 6.42 Å². The van der Waals surface area contributed by atoms with E-state index in [1.54, 1.807) is 25.3 Å². The van der Waals surface area contributed by atoms with Gasteiger partial charge in [0.1, 0.15) is 17.2 Å². The van der Waals surface area contributed by atoms with Crippen LogP contribution in [0.3, 0.4) is 0 Å². The minimum atomic E-state index is -0.152. The lowest BCUT2D eigenvalue weighted by molar-refractivity contribution is 0.0941. The molecule has 1 aromatic heterocycles. The molecule has 2 heterocycles. The van der Waals surface area contributed by atoms with E-state index in [1.807, 2.05) is 24.3 Å². The molecule has 24 heavy (non-hydrogen) atoms. The number of phenolic OH excluding ortho intramolecular Hbond substituents is 1. The highest BCUT2D eigenvalue weighted by atomic mass is 16.5. The number of nitrogens with one attached hydrogen (secondary N) is 1. The van der Waals surface area contributed by atoms with Crippen LogP contribution in [0.25, 0.3) is 22.0 Å². The van der Waals surface area contributed by atoms with Gasteiger partial charge < -0.3 is 15.2 Å². The molecule has 4 rings (SSSR count). The summed E-state index contributed by atoms with van der Waals surface area (Å²) in [5.41, 5.74) is 3.99. The number of amides is 1. The summed E-state index contributed by atoms with van der Waals surface area (Å²) in [6.45, 7) is 0.584. The summed E-state index contributed by atoms with van der Waals surface area (Å²) in [6, 6.07) is 12.7. The molecule has 5 nitrogen and oxygen atoms in total. The van der Waals surface area contributed by atoms with Crippen LogP contribution in [0.5, 0.6) is 11.5 Å². The van der Waals surface area contributed by atoms with Gasteiger partial charge in [-0.1, -0.05) is 12.1 Å². The molecule has 0 atom stereocenters. The van der Waals surface area contributed by atoms with E-state index in [4.69, 9.17) is 4.74 Å². The van der Waals surface area contributed by atoms with Crippen LogP contribution in [0.15, 0.2) is 42.5 Å². The SMILES string of the molecule is COc1ccc(-c2c3c(nc4ccc(O)cc24)C(=O)NCC3)cc1. The first-order chi connectivity index (χ1) is 11.7. The minimum absolute atomic E-state index is 0.152. The molecule has 0 fully saturated rings. The molecule has 0 bridgehead atoms. The number of aromatic hydroxyl groups is 1. The number of fused-ring (bicyclic) bond motifs is 2. The van der Waals surface area contributed by atoms with E-state index in [-0.39, 0.29) is 11.7 Å². The summed E-state index contributed by atoms with van der Waals surface area (Å²) in [6.07, 6.45) is 0.709. The van der Waals surface area contributed by atoms with Crippen molar-refractivity contribution in [3.05, 3.63) is 53.7 Å². The number of nitrogens with zero attached hydrogens (tertiary/aromatic N) is 1. The van der Waals surface area contributed by atoms with Crippen molar-refractivity contribution in [2.24, 2.45) is 0 Å². The van der Waals surface area contributed by atoms with Crippen LogP contribution >= 0.6 is 0 Å². The van der Waals surface area contributed by atoms with Gasteiger partial charge >= 0.3 is 0 Å². The summed E-state index contributed by atoms with van der Waals surface area (Å²) >= 11 is 0. The Balaban J connectivity index is 2.06. The van der Waals surface area contributed by atoms with E-state index in [0.717, 1.165) is 27.8 Å². The van der Waals surface area contributed by atoms with Crippen molar-refractivity contribution in [3.63, 3.8) is 0 Å². The van der Waals surface area contributed by atoms with Gasteiger partial charge in [-0.2, -0.15) is 0 Å². The Morgan fingerprint density at radius 3 is 2.71 bits per heavy atom.